The highest BCUT2D eigenvalue weighted by atomic mass is 16.3. The minimum atomic E-state index is -0.986. The van der Waals surface area contributed by atoms with Crippen LogP contribution in [0, 0.1) is 5.41 Å². The molecule has 0 saturated carbocycles. The summed E-state index contributed by atoms with van der Waals surface area (Å²) in [5, 5.41) is 13.2. The maximum Gasteiger partial charge on any atom is 0.269 e. The number of rotatable bonds is 0. The van der Waals surface area contributed by atoms with Crippen LogP contribution in [0.15, 0.2) is 5.10 Å². The van der Waals surface area contributed by atoms with E-state index in [1.54, 1.807) is 20.8 Å². The Morgan fingerprint density at radius 1 is 1.64 bits per heavy atom. The molecule has 0 fully saturated rings. The predicted octanol–water partition coefficient (Wildman–Crippen LogP) is -0.121. The molecule has 0 aromatic carbocycles. The van der Waals surface area contributed by atoms with Crippen molar-refractivity contribution in [3.63, 3.8) is 0 Å². The van der Waals surface area contributed by atoms with E-state index in [9.17, 15) is 9.90 Å². The van der Waals surface area contributed by atoms with Gasteiger partial charge in [0.1, 0.15) is 6.10 Å². The molecule has 1 aliphatic heterocycles. The second-order valence-electron chi connectivity index (χ2n) is 3.30. The van der Waals surface area contributed by atoms with Gasteiger partial charge in [-0.1, -0.05) is 13.8 Å². The van der Waals surface area contributed by atoms with Crippen molar-refractivity contribution in [2.24, 2.45) is 10.5 Å². The van der Waals surface area contributed by atoms with Crippen LogP contribution in [0.3, 0.4) is 0 Å². The number of carbonyl (C=O) groups excluding carboxylic acids is 1. The van der Waals surface area contributed by atoms with E-state index < -0.39 is 17.4 Å². The van der Waals surface area contributed by atoms with Gasteiger partial charge in [-0.3, -0.25) is 4.79 Å². The van der Waals surface area contributed by atoms with E-state index in [1.807, 2.05) is 0 Å². The molecule has 62 valence electrons. The van der Waals surface area contributed by atoms with E-state index >= 15 is 0 Å². The molecule has 0 radical (unpaired) electrons. The van der Waals surface area contributed by atoms with Crippen LogP contribution >= 0.6 is 0 Å². The third kappa shape index (κ3) is 1.14. The van der Waals surface area contributed by atoms with Crippen LogP contribution < -0.4 is 5.43 Å². The fraction of sp³-hybridized carbons (Fsp3) is 0.714. The fourth-order valence-electron chi connectivity index (χ4n) is 0.870. The highest BCUT2D eigenvalue weighted by Gasteiger charge is 2.39. The number of aliphatic hydroxyl groups is 1. The third-order valence-corrected chi connectivity index (χ3v) is 2.20. The summed E-state index contributed by atoms with van der Waals surface area (Å²) in [6, 6.07) is 0. The van der Waals surface area contributed by atoms with Crippen LogP contribution in [-0.4, -0.2) is 22.8 Å². The summed E-state index contributed by atoms with van der Waals surface area (Å²) in [6.07, 6.45) is -0.986. The van der Waals surface area contributed by atoms with E-state index in [1.165, 1.54) is 0 Å². The van der Waals surface area contributed by atoms with Gasteiger partial charge in [-0.15, -0.1) is 0 Å². The second-order valence-corrected chi connectivity index (χ2v) is 3.30. The van der Waals surface area contributed by atoms with Crippen LogP contribution in [-0.2, 0) is 4.79 Å². The zero-order valence-electron chi connectivity index (χ0n) is 6.88. The van der Waals surface area contributed by atoms with E-state index in [4.69, 9.17) is 0 Å². The average Bonchev–Trinajstić information content (AvgIpc) is 1.95. The summed E-state index contributed by atoms with van der Waals surface area (Å²) < 4.78 is 0. The first kappa shape index (κ1) is 8.20. The monoisotopic (exact) mass is 156 g/mol. The molecule has 1 heterocycles. The van der Waals surface area contributed by atoms with Crippen LogP contribution in [0.5, 0.6) is 0 Å². The summed E-state index contributed by atoms with van der Waals surface area (Å²) in [5.41, 5.74) is 2.44. The molecular weight excluding hydrogens is 144 g/mol. The highest BCUT2D eigenvalue weighted by molar-refractivity contribution is 5.98. The van der Waals surface area contributed by atoms with E-state index in [0.29, 0.717) is 0 Å². The molecule has 2 N–H and O–H groups in total. The summed E-state index contributed by atoms with van der Waals surface area (Å²) in [6.45, 7) is 5.35. The van der Waals surface area contributed by atoms with E-state index in [-0.39, 0.29) is 0 Å². The molecule has 1 aliphatic rings. The van der Waals surface area contributed by atoms with Gasteiger partial charge in [-0.05, 0) is 6.92 Å². The van der Waals surface area contributed by atoms with Crippen molar-refractivity contribution in [1.29, 1.82) is 0 Å². The lowest BCUT2D eigenvalue weighted by Gasteiger charge is -2.32. The van der Waals surface area contributed by atoms with Gasteiger partial charge in [0, 0.05) is 11.1 Å². The number of hydrazone groups is 1. The van der Waals surface area contributed by atoms with Gasteiger partial charge in [-0.2, -0.15) is 5.10 Å². The molecule has 0 bridgehead atoms. The van der Waals surface area contributed by atoms with E-state index in [2.05, 4.69) is 10.5 Å². The Hall–Kier alpha value is -0.900. The van der Waals surface area contributed by atoms with Gasteiger partial charge < -0.3 is 5.11 Å². The van der Waals surface area contributed by atoms with Crippen molar-refractivity contribution >= 4 is 11.6 Å². The minimum Gasteiger partial charge on any atom is -0.382 e. The topological polar surface area (TPSA) is 61.7 Å². The molecule has 0 aromatic rings. The number of aliphatic hydroxyl groups excluding tert-OH is 1. The Balaban J connectivity index is 3.00. The molecule has 4 nitrogen and oxygen atoms in total. The number of hydrogen-bond acceptors (Lipinski definition) is 3. The summed E-state index contributed by atoms with van der Waals surface area (Å²) in [7, 11) is 0. The zero-order chi connectivity index (χ0) is 8.65. The lowest BCUT2D eigenvalue weighted by atomic mass is 9.81. The van der Waals surface area contributed by atoms with Crippen LogP contribution in [0.1, 0.15) is 20.8 Å². The molecule has 1 atom stereocenters. The van der Waals surface area contributed by atoms with Gasteiger partial charge in [-0.25, -0.2) is 5.43 Å². The molecule has 4 heteroatoms. The number of hydrogen-bond donors (Lipinski definition) is 2. The van der Waals surface area contributed by atoms with Crippen LogP contribution in [0.2, 0.25) is 0 Å². The van der Waals surface area contributed by atoms with E-state index in [0.717, 1.165) is 5.71 Å². The van der Waals surface area contributed by atoms with Gasteiger partial charge in [0.25, 0.3) is 5.91 Å². The molecule has 1 amide bonds. The largest absolute Gasteiger partial charge is 0.382 e. The Kier molecular flexibility index (Phi) is 1.72. The van der Waals surface area contributed by atoms with Gasteiger partial charge in [0.05, 0.1) is 0 Å². The average molecular weight is 156 g/mol. The standard InChI is InChI=1S/C7H12N2O2/c1-4-7(2,3)5(10)6(11)9-8-4/h5,10H,1-3H3,(H,9,11)/t5-/m0/s1. The van der Waals surface area contributed by atoms with Gasteiger partial charge in [0.15, 0.2) is 0 Å². The molecule has 11 heavy (non-hydrogen) atoms. The smallest absolute Gasteiger partial charge is 0.269 e. The predicted molar refractivity (Wildman–Crippen MR) is 41.0 cm³/mol. The molecule has 1 rings (SSSR count). The Morgan fingerprint density at radius 2 is 2.18 bits per heavy atom. The summed E-state index contributed by atoms with van der Waals surface area (Å²) >= 11 is 0. The number of amides is 1. The van der Waals surface area contributed by atoms with Gasteiger partial charge in [0.2, 0.25) is 0 Å². The second kappa shape index (κ2) is 2.30. The van der Waals surface area contributed by atoms with Crippen molar-refractivity contribution < 1.29 is 9.90 Å². The first-order chi connectivity index (χ1) is 4.96. The maximum absolute atomic E-state index is 10.9. The van der Waals surface area contributed by atoms with Crippen molar-refractivity contribution in [3.8, 4) is 0 Å². The van der Waals surface area contributed by atoms with Crippen LogP contribution in [0.4, 0.5) is 0 Å². The SMILES string of the molecule is CC1=NNC(=O)[C@H](O)C1(C)C. The Bertz CT molecular complexity index is 220. The lowest BCUT2D eigenvalue weighted by Crippen LogP contribution is -2.50. The number of nitrogens with zero attached hydrogens (tertiary/aromatic N) is 1. The van der Waals surface area contributed by atoms with Crippen LogP contribution in [0.25, 0.3) is 0 Å². The fourth-order valence-corrected chi connectivity index (χ4v) is 0.870. The molecule has 0 aliphatic carbocycles. The van der Waals surface area contributed by atoms with Gasteiger partial charge >= 0.3 is 0 Å². The summed E-state index contributed by atoms with van der Waals surface area (Å²) in [4.78, 5) is 10.9. The maximum atomic E-state index is 10.9. The normalized spacial score (nSPS) is 29.3. The molecular formula is C7H12N2O2. The third-order valence-electron chi connectivity index (χ3n) is 2.20. The van der Waals surface area contributed by atoms with Crippen molar-refractivity contribution in [3.05, 3.63) is 0 Å². The molecule has 0 spiro atoms. The molecule has 0 aromatic heterocycles. The first-order valence-corrected chi connectivity index (χ1v) is 3.49. The minimum absolute atomic E-state index is 0.430. The molecule has 0 saturated heterocycles. The first-order valence-electron chi connectivity index (χ1n) is 3.49. The van der Waals surface area contributed by atoms with Crippen molar-refractivity contribution in [2.45, 2.75) is 26.9 Å². The molecule has 0 unspecified atom stereocenters. The summed E-state index contributed by atoms with van der Waals surface area (Å²) in [5.74, 6) is -0.430. The highest BCUT2D eigenvalue weighted by Crippen LogP contribution is 2.25. The Labute approximate surface area is 65.3 Å². The quantitative estimate of drug-likeness (QED) is 0.513. The lowest BCUT2D eigenvalue weighted by molar-refractivity contribution is -0.134. The number of nitrogens with one attached hydrogen (secondary N) is 1. The number of carbonyl (C=O) groups is 1. The van der Waals surface area contributed by atoms with Crippen molar-refractivity contribution in [2.75, 3.05) is 0 Å². The van der Waals surface area contributed by atoms with Crippen molar-refractivity contribution in [1.82, 2.24) is 5.43 Å². The Morgan fingerprint density at radius 3 is 2.64 bits per heavy atom. The zero-order valence-corrected chi connectivity index (χ0v) is 6.88.